The fourth-order valence-corrected chi connectivity index (χ4v) is 4.00. The van der Waals surface area contributed by atoms with Crippen LogP contribution in [0.25, 0.3) is 11.3 Å². The fraction of sp³-hybridized carbons (Fsp3) is 0.250. The highest BCUT2D eigenvalue weighted by Crippen LogP contribution is 2.45. The van der Waals surface area contributed by atoms with Gasteiger partial charge >= 0.3 is 6.09 Å². The molecule has 0 aliphatic carbocycles. The number of fused-ring (bicyclic) bond motifs is 3. The lowest BCUT2D eigenvalue weighted by Gasteiger charge is -2.27. The maximum Gasteiger partial charge on any atom is 0.411 e. The van der Waals surface area contributed by atoms with Gasteiger partial charge in [0.15, 0.2) is 6.10 Å². The highest BCUT2D eigenvalue weighted by Gasteiger charge is 2.52. The molecule has 0 bridgehead atoms. The largest absolute Gasteiger partial charge is 0.437 e. The van der Waals surface area contributed by atoms with Crippen LogP contribution in [0.5, 0.6) is 0 Å². The molecule has 2 aliphatic rings. The molecule has 0 unspecified atom stereocenters. The third kappa shape index (κ3) is 2.15. The minimum atomic E-state index is -0.334. The Hall–Kier alpha value is -3.15. The first-order chi connectivity index (χ1) is 12.7. The molecule has 3 aromatic rings. The first-order valence-corrected chi connectivity index (χ1v) is 8.77. The Morgan fingerprint density at radius 3 is 2.50 bits per heavy atom. The minimum absolute atomic E-state index is 0.0589. The lowest BCUT2D eigenvalue weighted by Crippen LogP contribution is -2.36. The maximum absolute atomic E-state index is 12.6. The summed E-state index contributed by atoms with van der Waals surface area (Å²) >= 11 is 0. The molecule has 1 saturated heterocycles. The molecule has 130 valence electrons. The summed E-state index contributed by atoms with van der Waals surface area (Å²) < 4.78 is 7.64. The number of rotatable bonds is 3. The van der Waals surface area contributed by atoms with Crippen molar-refractivity contribution in [3.63, 3.8) is 0 Å². The molecular formula is C20H18N4O2. The second-order valence-corrected chi connectivity index (χ2v) is 6.74. The molecule has 26 heavy (non-hydrogen) atoms. The van der Waals surface area contributed by atoms with Gasteiger partial charge in [0, 0.05) is 5.56 Å². The second-order valence-electron chi connectivity index (χ2n) is 6.74. The van der Waals surface area contributed by atoms with E-state index >= 15 is 0 Å². The number of nitrogens with zero attached hydrogens (tertiary/aromatic N) is 4. The van der Waals surface area contributed by atoms with Crippen LogP contribution in [0.2, 0.25) is 0 Å². The quantitative estimate of drug-likeness (QED) is 0.727. The predicted molar refractivity (Wildman–Crippen MR) is 95.2 cm³/mol. The third-order valence-electron chi connectivity index (χ3n) is 5.29. The summed E-state index contributed by atoms with van der Waals surface area (Å²) in [5.41, 5.74) is 3.76. The maximum atomic E-state index is 12.6. The molecule has 3 atom stereocenters. The van der Waals surface area contributed by atoms with E-state index in [1.165, 1.54) is 0 Å². The van der Waals surface area contributed by atoms with E-state index < -0.39 is 0 Å². The van der Waals surface area contributed by atoms with Crippen LogP contribution < -0.4 is 0 Å². The van der Waals surface area contributed by atoms with E-state index in [0.29, 0.717) is 6.54 Å². The Bertz CT molecular complexity index is 954. The number of carbonyl (C=O) groups is 1. The van der Waals surface area contributed by atoms with Crippen molar-refractivity contribution < 1.29 is 9.53 Å². The molecule has 1 amide bonds. The molecule has 6 nitrogen and oxygen atoms in total. The van der Waals surface area contributed by atoms with Gasteiger partial charge in [-0.15, -0.1) is 5.10 Å². The normalized spacial score (nSPS) is 22.0. The zero-order chi connectivity index (χ0) is 17.7. The van der Waals surface area contributed by atoms with E-state index in [4.69, 9.17) is 4.74 Å². The summed E-state index contributed by atoms with van der Waals surface area (Å²) in [6.07, 6.45) is -0.610. The highest BCUT2D eigenvalue weighted by molar-refractivity contribution is 5.73. The number of benzene rings is 2. The minimum Gasteiger partial charge on any atom is -0.437 e. The van der Waals surface area contributed by atoms with Crippen molar-refractivity contribution in [2.24, 2.45) is 0 Å². The van der Waals surface area contributed by atoms with Crippen LogP contribution in [0.3, 0.4) is 0 Å². The summed E-state index contributed by atoms with van der Waals surface area (Å²) in [6, 6.07) is 19.8. The summed E-state index contributed by atoms with van der Waals surface area (Å²) in [5, 5.41) is 8.62. The molecule has 1 aromatic heterocycles. The predicted octanol–water partition coefficient (Wildman–Crippen LogP) is 3.58. The zero-order valence-corrected chi connectivity index (χ0v) is 14.3. The topological polar surface area (TPSA) is 60.3 Å². The van der Waals surface area contributed by atoms with Crippen molar-refractivity contribution in [3.8, 4) is 11.3 Å². The Morgan fingerprint density at radius 2 is 1.77 bits per heavy atom. The summed E-state index contributed by atoms with van der Waals surface area (Å²) in [5.74, 6) is 0. The average molecular weight is 346 g/mol. The van der Waals surface area contributed by atoms with E-state index in [-0.39, 0.29) is 24.3 Å². The van der Waals surface area contributed by atoms with Gasteiger partial charge in [-0.25, -0.2) is 9.48 Å². The van der Waals surface area contributed by atoms with Crippen LogP contribution in [0.4, 0.5) is 4.79 Å². The standard InChI is InChI=1S/C20H18N4O2/c1-13(14-8-4-2-5-9-14)24-16-12-23-18(19(16)26-20(24)25)17(21-22-23)15-10-6-3-7-11-15/h2-11,13,16,19H,12H2,1H3/t13-,16+,19+/m1/s1. The number of ether oxygens (including phenoxy) is 1. The van der Waals surface area contributed by atoms with E-state index in [1.54, 1.807) is 0 Å². The van der Waals surface area contributed by atoms with Gasteiger partial charge < -0.3 is 4.74 Å². The number of hydrogen-bond donors (Lipinski definition) is 0. The van der Waals surface area contributed by atoms with Crippen molar-refractivity contribution in [2.45, 2.75) is 31.7 Å². The average Bonchev–Trinajstić information content (AvgIpc) is 3.32. The van der Waals surface area contributed by atoms with Gasteiger partial charge in [0.05, 0.1) is 18.6 Å². The summed E-state index contributed by atoms with van der Waals surface area (Å²) in [6.45, 7) is 2.64. The van der Waals surface area contributed by atoms with Crippen molar-refractivity contribution in [1.29, 1.82) is 0 Å². The molecule has 2 aliphatic heterocycles. The molecule has 0 radical (unpaired) electrons. The molecule has 2 aromatic carbocycles. The van der Waals surface area contributed by atoms with Gasteiger partial charge in [0.2, 0.25) is 0 Å². The zero-order valence-electron chi connectivity index (χ0n) is 14.3. The number of carbonyl (C=O) groups excluding carboxylic acids is 1. The van der Waals surface area contributed by atoms with Gasteiger partial charge in [-0.1, -0.05) is 65.9 Å². The van der Waals surface area contributed by atoms with Crippen LogP contribution in [0.15, 0.2) is 60.7 Å². The number of hydrogen-bond acceptors (Lipinski definition) is 4. The fourth-order valence-electron chi connectivity index (χ4n) is 4.00. The van der Waals surface area contributed by atoms with Crippen molar-refractivity contribution in [1.82, 2.24) is 19.9 Å². The van der Waals surface area contributed by atoms with E-state index in [9.17, 15) is 4.79 Å². The van der Waals surface area contributed by atoms with Gasteiger partial charge in [-0.05, 0) is 12.5 Å². The van der Waals surface area contributed by atoms with Crippen LogP contribution in [0, 0.1) is 0 Å². The van der Waals surface area contributed by atoms with E-state index in [2.05, 4.69) is 10.3 Å². The summed E-state index contributed by atoms with van der Waals surface area (Å²) in [7, 11) is 0. The monoisotopic (exact) mass is 346 g/mol. The molecule has 0 N–H and O–H groups in total. The Kier molecular flexibility index (Phi) is 3.31. The van der Waals surface area contributed by atoms with Gasteiger partial charge in [0.1, 0.15) is 11.4 Å². The molecule has 3 heterocycles. The van der Waals surface area contributed by atoms with Gasteiger partial charge in [-0.2, -0.15) is 0 Å². The van der Waals surface area contributed by atoms with Crippen LogP contribution in [-0.2, 0) is 11.3 Å². The SMILES string of the molecule is C[C@H](c1ccccc1)N1C(=O)O[C@@H]2c3c(-c4ccccc4)nnn3C[C@@H]21. The van der Waals surface area contributed by atoms with Crippen LogP contribution >= 0.6 is 0 Å². The molecule has 1 fully saturated rings. The molecule has 0 saturated carbocycles. The lowest BCUT2D eigenvalue weighted by atomic mass is 10.0. The third-order valence-corrected chi connectivity index (χ3v) is 5.29. The molecular weight excluding hydrogens is 328 g/mol. The summed E-state index contributed by atoms with van der Waals surface area (Å²) in [4.78, 5) is 14.5. The Morgan fingerprint density at radius 1 is 1.08 bits per heavy atom. The second kappa shape index (κ2) is 5.69. The van der Waals surface area contributed by atoms with Crippen LogP contribution in [0.1, 0.15) is 30.3 Å². The van der Waals surface area contributed by atoms with Gasteiger partial charge in [-0.3, -0.25) is 4.90 Å². The number of amides is 1. The highest BCUT2D eigenvalue weighted by atomic mass is 16.6. The van der Waals surface area contributed by atoms with Crippen molar-refractivity contribution in [3.05, 3.63) is 71.9 Å². The molecule has 0 spiro atoms. The van der Waals surface area contributed by atoms with Crippen LogP contribution in [-0.4, -0.2) is 32.0 Å². The van der Waals surface area contributed by atoms with Crippen molar-refractivity contribution in [2.75, 3.05) is 0 Å². The number of aromatic nitrogens is 3. The lowest BCUT2D eigenvalue weighted by molar-refractivity contribution is 0.127. The molecule has 5 rings (SSSR count). The van der Waals surface area contributed by atoms with Gasteiger partial charge in [0.25, 0.3) is 0 Å². The Labute approximate surface area is 151 Å². The smallest absolute Gasteiger partial charge is 0.411 e. The van der Waals surface area contributed by atoms with E-state index in [0.717, 1.165) is 22.5 Å². The first kappa shape index (κ1) is 15.1. The Balaban J connectivity index is 1.51. The molecule has 6 heteroatoms. The van der Waals surface area contributed by atoms with E-state index in [1.807, 2.05) is 77.2 Å². The van der Waals surface area contributed by atoms with Crippen molar-refractivity contribution >= 4 is 6.09 Å². The first-order valence-electron chi connectivity index (χ1n) is 8.77.